The van der Waals surface area contributed by atoms with Gasteiger partial charge in [-0.1, -0.05) is 0 Å². The van der Waals surface area contributed by atoms with Crippen molar-refractivity contribution in [3.05, 3.63) is 45.0 Å². The number of ether oxygens (including phenoxy) is 1. The van der Waals surface area contributed by atoms with E-state index in [9.17, 15) is 9.59 Å². The molecule has 0 aliphatic carbocycles. The van der Waals surface area contributed by atoms with Crippen molar-refractivity contribution in [2.75, 3.05) is 20.8 Å². The molecule has 0 aromatic carbocycles. The third kappa shape index (κ3) is 3.82. The zero-order valence-electron chi connectivity index (χ0n) is 17.8. The minimum Gasteiger partial charge on any atom is -0.442 e. The van der Waals surface area contributed by atoms with Crippen LogP contribution in [0.4, 0.5) is 0 Å². The second-order valence-electron chi connectivity index (χ2n) is 7.24. The standard InChI is InChI=1S/C20H27N5O4/c1-12-15(13(2)24(5)22-12)10-23(4)19(26)16-14(3)29-18-17(16)20(27)25(11-21-18)8-7-9-28-6/h11H,7-10H2,1-6H3. The Bertz CT molecular complexity index is 1110. The van der Waals surface area contributed by atoms with E-state index in [1.54, 1.807) is 30.7 Å². The quantitative estimate of drug-likeness (QED) is 0.562. The Morgan fingerprint density at radius 2 is 2.03 bits per heavy atom. The van der Waals surface area contributed by atoms with Gasteiger partial charge in [-0.2, -0.15) is 5.10 Å². The van der Waals surface area contributed by atoms with Gasteiger partial charge in [-0.25, -0.2) is 4.98 Å². The number of rotatable bonds is 7. The molecule has 0 aliphatic rings. The summed E-state index contributed by atoms with van der Waals surface area (Å²) in [5, 5.41) is 4.62. The van der Waals surface area contributed by atoms with Gasteiger partial charge < -0.3 is 14.1 Å². The lowest BCUT2D eigenvalue weighted by Gasteiger charge is -2.17. The molecule has 0 radical (unpaired) electrons. The van der Waals surface area contributed by atoms with Crippen molar-refractivity contribution in [2.45, 2.75) is 40.3 Å². The van der Waals surface area contributed by atoms with Crippen LogP contribution in [0.15, 0.2) is 15.5 Å². The third-order valence-corrected chi connectivity index (χ3v) is 5.22. The van der Waals surface area contributed by atoms with Gasteiger partial charge in [0.15, 0.2) is 0 Å². The molecule has 3 rings (SSSR count). The lowest BCUT2D eigenvalue weighted by molar-refractivity contribution is 0.0784. The number of hydrogen-bond donors (Lipinski definition) is 0. The molecule has 9 nitrogen and oxygen atoms in total. The Labute approximate surface area is 168 Å². The maximum Gasteiger partial charge on any atom is 0.265 e. The molecule has 0 atom stereocenters. The van der Waals surface area contributed by atoms with Crippen LogP contribution in [0.2, 0.25) is 0 Å². The van der Waals surface area contributed by atoms with E-state index in [1.807, 2.05) is 20.9 Å². The van der Waals surface area contributed by atoms with E-state index >= 15 is 0 Å². The van der Waals surface area contributed by atoms with Gasteiger partial charge in [-0.05, 0) is 27.2 Å². The highest BCUT2D eigenvalue weighted by Gasteiger charge is 2.26. The second-order valence-corrected chi connectivity index (χ2v) is 7.24. The van der Waals surface area contributed by atoms with E-state index in [-0.39, 0.29) is 28.1 Å². The van der Waals surface area contributed by atoms with E-state index in [1.165, 1.54) is 10.9 Å². The van der Waals surface area contributed by atoms with E-state index in [4.69, 9.17) is 9.15 Å². The molecule has 3 heterocycles. The molecule has 156 valence electrons. The molecule has 0 bridgehead atoms. The number of furan rings is 1. The fraction of sp³-hybridized carbons (Fsp3) is 0.500. The first-order chi connectivity index (χ1) is 13.8. The van der Waals surface area contributed by atoms with Crippen molar-refractivity contribution in [1.29, 1.82) is 0 Å². The highest BCUT2D eigenvalue weighted by molar-refractivity contribution is 6.06. The molecule has 0 N–H and O–H groups in total. The lowest BCUT2D eigenvalue weighted by Crippen LogP contribution is -2.29. The first-order valence-electron chi connectivity index (χ1n) is 9.48. The van der Waals surface area contributed by atoms with Crippen molar-refractivity contribution < 1.29 is 13.9 Å². The summed E-state index contributed by atoms with van der Waals surface area (Å²) in [7, 11) is 5.20. The molecule has 9 heteroatoms. The van der Waals surface area contributed by atoms with Crippen molar-refractivity contribution in [3.8, 4) is 0 Å². The zero-order chi connectivity index (χ0) is 21.3. The summed E-state index contributed by atoms with van der Waals surface area (Å²) >= 11 is 0. The number of carbonyl (C=O) groups is 1. The smallest absolute Gasteiger partial charge is 0.265 e. The Morgan fingerprint density at radius 3 is 2.66 bits per heavy atom. The van der Waals surface area contributed by atoms with Crippen LogP contribution in [0, 0.1) is 20.8 Å². The first-order valence-corrected chi connectivity index (χ1v) is 9.48. The fourth-order valence-corrected chi connectivity index (χ4v) is 3.48. The highest BCUT2D eigenvalue weighted by atomic mass is 16.5. The largest absolute Gasteiger partial charge is 0.442 e. The number of aromatic nitrogens is 4. The Kier molecular flexibility index (Phi) is 5.88. The summed E-state index contributed by atoms with van der Waals surface area (Å²) in [5.74, 6) is 0.105. The van der Waals surface area contributed by atoms with Crippen LogP contribution in [0.5, 0.6) is 0 Å². The molecule has 0 unspecified atom stereocenters. The average molecular weight is 401 g/mol. The lowest BCUT2D eigenvalue weighted by atomic mass is 10.1. The first kappa shape index (κ1) is 20.8. The SMILES string of the molecule is COCCCn1cnc2oc(C)c(C(=O)N(C)Cc3c(C)nn(C)c3C)c2c1=O. The summed E-state index contributed by atoms with van der Waals surface area (Å²) < 4.78 is 13.9. The number of aryl methyl sites for hydroxylation is 4. The third-order valence-electron chi connectivity index (χ3n) is 5.22. The Balaban J connectivity index is 1.97. The molecule has 0 aliphatic heterocycles. The van der Waals surface area contributed by atoms with Gasteiger partial charge in [0.25, 0.3) is 11.5 Å². The molecule has 0 fully saturated rings. The van der Waals surface area contributed by atoms with E-state index in [0.29, 0.717) is 31.9 Å². The van der Waals surface area contributed by atoms with Crippen molar-refractivity contribution in [2.24, 2.45) is 7.05 Å². The number of fused-ring (bicyclic) bond motifs is 1. The van der Waals surface area contributed by atoms with Gasteiger partial charge in [-0.15, -0.1) is 0 Å². The van der Waals surface area contributed by atoms with Crippen LogP contribution in [-0.2, 0) is 24.9 Å². The van der Waals surface area contributed by atoms with Crippen LogP contribution >= 0.6 is 0 Å². The molecule has 3 aromatic rings. The summed E-state index contributed by atoms with van der Waals surface area (Å²) in [6, 6.07) is 0. The summed E-state index contributed by atoms with van der Waals surface area (Å²) in [5.41, 5.74) is 3.03. The van der Waals surface area contributed by atoms with Crippen LogP contribution in [-0.4, -0.2) is 50.9 Å². The van der Waals surface area contributed by atoms with E-state index in [0.717, 1.165) is 17.0 Å². The van der Waals surface area contributed by atoms with E-state index in [2.05, 4.69) is 10.1 Å². The monoisotopic (exact) mass is 401 g/mol. The van der Waals surface area contributed by atoms with Gasteiger partial charge in [0, 0.05) is 52.2 Å². The van der Waals surface area contributed by atoms with Crippen LogP contribution in [0.3, 0.4) is 0 Å². The van der Waals surface area contributed by atoms with Crippen LogP contribution in [0.1, 0.15) is 39.5 Å². The second kappa shape index (κ2) is 8.20. The Hall–Kier alpha value is -2.94. The predicted octanol–water partition coefficient (Wildman–Crippen LogP) is 1.96. The molecule has 29 heavy (non-hydrogen) atoms. The molecule has 0 saturated heterocycles. The topological polar surface area (TPSA) is 95.4 Å². The van der Waals surface area contributed by atoms with Crippen LogP contribution < -0.4 is 5.56 Å². The average Bonchev–Trinajstić information content (AvgIpc) is 3.14. The molecular weight excluding hydrogens is 374 g/mol. The number of amides is 1. The van der Waals surface area contributed by atoms with Gasteiger partial charge in [0.05, 0.1) is 11.3 Å². The summed E-state index contributed by atoms with van der Waals surface area (Å²) in [6.45, 7) is 6.94. The molecule has 1 amide bonds. The van der Waals surface area contributed by atoms with Crippen molar-refractivity contribution in [3.63, 3.8) is 0 Å². The highest BCUT2D eigenvalue weighted by Crippen LogP contribution is 2.23. The van der Waals surface area contributed by atoms with Crippen molar-refractivity contribution in [1.82, 2.24) is 24.2 Å². The number of hydrogen-bond acceptors (Lipinski definition) is 6. The predicted molar refractivity (Wildman–Crippen MR) is 108 cm³/mol. The number of methoxy groups -OCH3 is 1. The number of carbonyl (C=O) groups excluding carboxylic acids is 1. The zero-order valence-corrected chi connectivity index (χ0v) is 17.8. The van der Waals surface area contributed by atoms with Gasteiger partial charge in [-0.3, -0.25) is 18.8 Å². The maximum absolute atomic E-state index is 13.2. The maximum atomic E-state index is 13.2. The molecular formula is C20H27N5O4. The fourth-order valence-electron chi connectivity index (χ4n) is 3.48. The normalized spacial score (nSPS) is 11.4. The van der Waals surface area contributed by atoms with Crippen LogP contribution in [0.25, 0.3) is 11.1 Å². The summed E-state index contributed by atoms with van der Waals surface area (Å²) in [4.78, 5) is 32.0. The number of nitrogens with zero attached hydrogens (tertiary/aromatic N) is 5. The molecule has 0 saturated carbocycles. The van der Waals surface area contributed by atoms with Gasteiger partial charge >= 0.3 is 0 Å². The minimum absolute atomic E-state index is 0.181. The van der Waals surface area contributed by atoms with Gasteiger partial charge in [0.1, 0.15) is 17.5 Å². The van der Waals surface area contributed by atoms with Gasteiger partial charge in [0.2, 0.25) is 5.71 Å². The minimum atomic E-state index is -0.284. The Morgan fingerprint density at radius 1 is 1.31 bits per heavy atom. The van der Waals surface area contributed by atoms with E-state index < -0.39 is 0 Å². The summed E-state index contributed by atoms with van der Waals surface area (Å²) in [6.07, 6.45) is 2.12. The molecule has 0 spiro atoms. The van der Waals surface area contributed by atoms with Crippen molar-refractivity contribution >= 4 is 17.0 Å². The molecule has 3 aromatic heterocycles.